The first-order valence-electron chi connectivity index (χ1n) is 7.09. The van der Waals surface area contributed by atoms with E-state index in [4.69, 9.17) is 4.42 Å². The molecule has 1 N–H and O–H groups in total. The Labute approximate surface area is 136 Å². The molecule has 3 rings (SSSR count). The largest absolute Gasteiger partial charge is 0.441 e. The number of carbonyl (C=O) groups is 1. The molecule has 6 heteroatoms. The van der Waals surface area contributed by atoms with Crippen molar-refractivity contribution in [2.45, 2.75) is 12.7 Å². The smallest absolute Gasteiger partial charge is 0.255 e. The van der Waals surface area contributed by atoms with Gasteiger partial charge >= 0.3 is 0 Å². The van der Waals surface area contributed by atoms with Gasteiger partial charge in [-0.2, -0.15) is 0 Å². The Morgan fingerprint density at radius 3 is 2.87 bits per heavy atom. The molecule has 1 heterocycles. The molecule has 1 amide bonds. The highest BCUT2D eigenvalue weighted by Gasteiger charge is 2.09. The van der Waals surface area contributed by atoms with E-state index in [1.54, 1.807) is 49.6 Å². The summed E-state index contributed by atoms with van der Waals surface area (Å²) in [6.45, 7) is 1.78. The number of benzene rings is 2. The van der Waals surface area contributed by atoms with Crippen molar-refractivity contribution in [1.29, 1.82) is 0 Å². The molecule has 0 saturated heterocycles. The fourth-order valence-corrected chi connectivity index (χ4v) is 3.01. The number of hydrogen-bond acceptors (Lipinski definition) is 4. The molecular formula is C17H16N2O3S. The number of rotatable bonds is 4. The molecule has 0 radical (unpaired) electrons. The highest BCUT2D eigenvalue weighted by Crippen LogP contribution is 2.20. The average Bonchev–Trinajstić information content (AvgIpc) is 2.86. The Hall–Kier alpha value is -2.47. The van der Waals surface area contributed by atoms with Gasteiger partial charge in [-0.05, 0) is 29.8 Å². The average molecular weight is 328 g/mol. The van der Waals surface area contributed by atoms with Crippen LogP contribution in [0.2, 0.25) is 0 Å². The van der Waals surface area contributed by atoms with Crippen LogP contribution in [0.3, 0.4) is 0 Å². The molecule has 118 valence electrons. The van der Waals surface area contributed by atoms with Crippen LogP contribution >= 0.6 is 0 Å². The third-order valence-corrected chi connectivity index (χ3v) is 4.05. The SMILES string of the molecule is Cc1nc2ccc(NC(=O)c3cccc(CS(C)=O)c3)cc2o1. The van der Waals surface area contributed by atoms with Gasteiger partial charge in [0.1, 0.15) is 5.52 Å². The molecule has 1 atom stereocenters. The minimum atomic E-state index is -0.940. The van der Waals surface area contributed by atoms with Crippen molar-refractivity contribution in [3.8, 4) is 0 Å². The Morgan fingerprint density at radius 2 is 2.09 bits per heavy atom. The number of oxazole rings is 1. The van der Waals surface area contributed by atoms with Gasteiger partial charge in [-0.25, -0.2) is 4.98 Å². The number of hydrogen-bond donors (Lipinski definition) is 1. The highest BCUT2D eigenvalue weighted by atomic mass is 32.2. The molecule has 3 aromatic rings. The van der Waals surface area contributed by atoms with Crippen molar-refractivity contribution in [3.63, 3.8) is 0 Å². The predicted octanol–water partition coefficient (Wildman–Crippen LogP) is 3.27. The lowest BCUT2D eigenvalue weighted by Gasteiger charge is -2.06. The van der Waals surface area contributed by atoms with Crippen molar-refractivity contribution in [2.24, 2.45) is 0 Å². The van der Waals surface area contributed by atoms with E-state index in [1.165, 1.54) is 0 Å². The summed E-state index contributed by atoms with van der Waals surface area (Å²) in [5.74, 6) is 0.804. The number of anilines is 1. The topological polar surface area (TPSA) is 72.2 Å². The predicted molar refractivity (Wildman–Crippen MR) is 90.9 cm³/mol. The van der Waals surface area contributed by atoms with Gasteiger partial charge in [0.25, 0.3) is 5.91 Å². The molecule has 0 aliphatic carbocycles. The third-order valence-electron chi connectivity index (χ3n) is 3.31. The zero-order valence-electron chi connectivity index (χ0n) is 12.8. The molecule has 0 spiro atoms. The quantitative estimate of drug-likeness (QED) is 0.798. The maximum Gasteiger partial charge on any atom is 0.255 e. The molecule has 0 aliphatic rings. The molecule has 5 nitrogen and oxygen atoms in total. The zero-order valence-corrected chi connectivity index (χ0v) is 13.6. The van der Waals surface area contributed by atoms with E-state index < -0.39 is 10.8 Å². The fourth-order valence-electron chi connectivity index (χ4n) is 2.36. The van der Waals surface area contributed by atoms with Crippen molar-refractivity contribution < 1.29 is 13.4 Å². The van der Waals surface area contributed by atoms with Crippen molar-refractivity contribution >= 4 is 33.5 Å². The molecular weight excluding hydrogens is 312 g/mol. The first kappa shape index (κ1) is 15.4. The second kappa shape index (κ2) is 6.34. The van der Waals surface area contributed by atoms with Crippen LogP contribution in [0.15, 0.2) is 46.9 Å². The number of aromatic nitrogens is 1. The number of nitrogens with zero attached hydrogens (tertiary/aromatic N) is 1. The standard InChI is InChI=1S/C17H16N2O3S/c1-11-18-15-7-6-14(9-16(15)22-11)19-17(20)13-5-3-4-12(8-13)10-23(2)21/h3-9H,10H2,1-2H3,(H,19,20). The van der Waals surface area contributed by atoms with Gasteiger partial charge in [0.2, 0.25) is 0 Å². The summed E-state index contributed by atoms with van der Waals surface area (Å²) in [5.41, 5.74) is 3.44. The molecule has 1 unspecified atom stereocenters. The van der Waals surface area contributed by atoms with E-state index in [0.29, 0.717) is 28.5 Å². The van der Waals surface area contributed by atoms with Crippen LogP contribution in [-0.2, 0) is 16.6 Å². The number of aryl methyl sites for hydroxylation is 1. The maximum absolute atomic E-state index is 12.4. The summed E-state index contributed by atoms with van der Waals surface area (Å²) >= 11 is 0. The molecule has 23 heavy (non-hydrogen) atoms. The molecule has 1 aromatic heterocycles. The number of carbonyl (C=O) groups excluding carboxylic acids is 1. The Balaban J connectivity index is 1.81. The van der Waals surface area contributed by atoms with Gasteiger partial charge in [0.15, 0.2) is 11.5 Å². The lowest BCUT2D eigenvalue weighted by Crippen LogP contribution is -2.12. The van der Waals surface area contributed by atoms with Crippen LogP contribution in [0.1, 0.15) is 21.8 Å². The van der Waals surface area contributed by atoms with E-state index in [0.717, 1.165) is 11.1 Å². The second-order valence-corrected chi connectivity index (χ2v) is 6.72. The van der Waals surface area contributed by atoms with Gasteiger partial charge in [0, 0.05) is 47.0 Å². The van der Waals surface area contributed by atoms with Crippen LogP contribution in [0, 0.1) is 6.92 Å². The Bertz CT molecular complexity index is 902. The lowest BCUT2D eigenvalue weighted by atomic mass is 10.1. The molecule has 0 aliphatic heterocycles. The molecule has 0 saturated carbocycles. The van der Waals surface area contributed by atoms with Crippen LogP contribution in [-0.4, -0.2) is 21.4 Å². The van der Waals surface area contributed by atoms with Crippen molar-refractivity contribution in [1.82, 2.24) is 4.98 Å². The van der Waals surface area contributed by atoms with E-state index >= 15 is 0 Å². The fraction of sp³-hybridized carbons (Fsp3) is 0.176. The first-order chi connectivity index (χ1) is 11.0. The minimum absolute atomic E-state index is 0.218. The van der Waals surface area contributed by atoms with E-state index in [9.17, 15) is 9.00 Å². The number of nitrogens with one attached hydrogen (secondary N) is 1. The molecule has 2 aromatic carbocycles. The summed E-state index contributed by atoms with van der Waals surface area (Å²) in [4.78, 5) is 16.6. The Morgan fingerprint density at radius 1 is 1.26 bits per heavy atom. The normalized spacial score (nSPS) is 12.3. The summed E-state index contributed by atoms with van der Waals surface area (Å²) in [7, 11) is -0.940. The minimum Gasteiger partial charge on any atom is -0.441 e. The maximum atomic E-state index is 12.4. The van der Waals surface area contributed by atoms with Gasteiger partial charge in [-0.1, -0.05) is 12.1 Å². The lowest BCUT2D eigenvalue weighted by molar-refractivity contribution is 0.102. The van der Waals surface area contributed by atoms with Crippen molar-refractivity contribution in [3.05, 3.63) is 59.5 Å². The first-order valence-corrected chi connectivity index (χ1v) is 8.81. The summed E-state index contributed by atoms with van der Waals surface area (Å²) in [6, 6.07) is 12.5. The van der Waals surface area contributed by atoms with E-state index in [-0.39, 0.29) is 5.91 Å². The zero-order chi connectivity index (χ0) is 16.4. The second-order valence-electron chi connectivity index (χ2n) is 5.29. The summed E-state index contributed by atoms with van der Waals surface area (Å²) in [5, 5.41) is 2.84. The van der Waals surface area contributed by atoms with Crippen LogP contribution in [0.4, 0.5) is 5.69 Å². The number of fused-ring (bicyclic) bond motifs is 1. The van der Waals surface area contributed by atoms with Gasteiger partial charge < -0.3 is 9.73 Å². The van der Waals surface area contributed by atoms with Crippen LogP contribution in [0.5, 0.6) is 0 Å². The summed E-state index contributed by atoms with van der Waals surface area (Å²) < 4.78 is 16.8. The summed E-state index contributed by atoms with van der Waals surface area (Å²) in [6.07, 6.45) is 1.64. The highest BCUT2D eigenvalue weighted by molar-refractivity contribution is 7.83. The van der Waals surface area contributed by atoms with Gasteiger partial charge in [-0.15, -0.1) is 0 Å². The van der Waals surface area contributed by atoms with Gasteiger partial charge in [-0.3, -0.25) is 9.00 Å². The third kappa shape index (κ3) is 3.65. The monoisotopic (exact) mass is 328 g/mol. The molecule has 0 bridgehead atoms. The molecule has 0 fully saturated rings. The van der Waals surface area contributed by atoms with E-state index in [1.807, 2.05) is 6.07 Å². The van der Waals surface area contributed by atoms with Gasteiger partial charge in [0.05, 0.1) is 0 Å². The van der Waals surface area contributed by atoms with E-state index in [2.05, 4.69) is 10.3 Å². The number of amides is 1. The van der Waals surface area contributed by atoms with Crippen LogP contribution < -0.4 is 5.32 Å². The Kier molecular flexibility index (Phi) is 4.25. The van der Waals surface area contributed by atoms with Crippen LogP contribution in [0.25, 0.3) is 11.1 Å². The van der Waals surface area contributed by atoms with Crippen molar-refractivity contribution in [2.75, 3.05) is 11.6 Å².